The van der Waals surface area contributed by atoms with Crippen LogP contribution in [0.15, 0.2) is 68.2 Å². The number of aliphatic carboxylic acids is 3. The largest absolute Gasteiger partial charge is 0.481 e. The molecule has 3 fully saturated rings. The molecule has 3 aromatic carbocycles. The lowest BCUT2D eigenvalue weighted by Crippen LogP contribution is -2.26. The normalized spacial score (nSPS) is 14.5. The molecule has 20 heteroatoms. The molecule has 3 heterocycles. The van der Waals surface area contributed by atoms with Gasteiger partial charge in [0.2, 0.25) is 0 Å². The maximum absolute atomic E-state index is 13.3. The molecule has 0 amide bonds. The quantitative estimate of drug-likeness (QED) is 0.0232. The Hall–Kier alpha value is -8.29. The first-order valence-corrected chi connectivity index (χ1v) is 39.8. The highest BCUT2D eigenvalue weighted by Crippen LogP contribution is 2.50. The number of hydrogen-bond acceptors (Lipinski definition) is 16. The maximum Gasteiger partial charge on any atom is 0.307 e. The summed E-state index contributed by atoms with van der Waals surface area (Å²) in [7, 11) is -1.00. The number of nitrogens with zero attached hydrogens (tertiary/aromatic N) is 3. The number of hydrogen-bond donors (Lipinski definition) is 4. The van der Waals surface area contributed by atoms with E-state index in [-0.39, 0.29) is 78.2 Å². The van der Waals surface area contributed by atoms with Crippen molar-refractivity contribution in [2.45, 2.75) is 347 Å². The van der Waals surface area contributed by atoms with Gasteiger partial charge in [0.05, 0.1) is 51.3 Å². The number of rotatable bonds is 31. The zero-order chi connectivity index (χ0) is 84.4. The van der Waals surface area contributed by atoms with Crippen molar-refractivity contribution in [1.82, 2.24) is 15.5 Å². The van der Waals surface area contributed by atoms with Crippen LogP contribution in [0.2, 0.25) is 0 Å². The molecule has 3 aliphatic rings. The van der Waals surface area contributed by atoms with Gasteiger partial charge in [-0.25, -0.2) is 0 Å². The van der Waals surface area contributed by atoms with Crippen molar-refractivity contribution in [3.05, 3.63) is 150 Å². The van der Waals surface area contributed by atoms with E-state index in [1.54, 1.807) is 20.8 Å². The summed E-state index contributed by atoms with van der Waals surface area (Å²) in [5.74, 6) is -0.670. The Morgan fingerprint density at radius 3 is 0.982 bits per heavy atom. The van der Waals surface area contributed by atoms with Crippen LogP contribution in [0.4, 0.5) is 10.1 Å². The number of nitrogen functional groups attached to an aromatic ring is 1. The van der Waals surface area contributed by atoms with Crippen molar-refractivity contribution in [2.24, 2.45) is 16.2 Å². The Labute approximate surface area is 663 Å². The molecule has 0 radical (unpaired) electrons. The molecular weight excluding hydrogens is 1410 g/mol. The molecule has 111 heavy (non-hydrogen) atoms. The van der Waals surface area contributed by atoms with Crippen LogP contribution in [0.1, 0.15) is 359 Å². The number of ketones is 2. The van der Waals surface area contributed by atoms with Crippen LogP contribution in [0.3, 0.4) is 0 Å². The Morgan fingerprint density at radius 2 is 0.739 bits per heavy atom. The van der Waals surface area contributed by atoms with E-state index in [1.807, 2.05) is 84.9 Å². The number of benzene rings is 3. The minimum absolute atomic E-state index is 0.00272. The van der Waals surface area contributed by atoms with Crippen LogP contribution in [-0.4, -0.2) is 90.6 Å². The zero-order valence-corrected chi connectivity index (χ0v) is 71.2. The van der Waals surface area contributed by atoms with Crippen molar-refractivity contribution in [2.75, 3.05) is 12.9 Å². The SMILES string of the molecule is CC(=O)O.CC(C)(C)CCCc1onc(C(CC(=O)O)CC(=O)OC(C)(C)C)c1C1CC1.Cc1ccc(CC(=O)CC(CC(=O)O)c2noc(CCCC(C)(C)C)c2C2CC2)c(C)c1.Cc1ccc(CC(=O)CC(CC(=O)OC(C)(C)C)c2noc(CCCC(C)(C)C)c2C2CC2)c(C)c1.Cc1ccc(N)c(C)c1.[2H]CF. The Bertz CT molecular complexity index is 4020. The monoisotopic (exact) mass is 1540 g/mol. The van der Waals surface area contributed by atoms with E-state index in [0.29, 0.717) is 42.0 Å². The fourth-order valence-electron chi connectivity index (χ4n) is 13.6. The lowest BCUT2D eigenvalue weighted by molar-refractivity contribution is -0.156. The van der Waals surface area contributed by atoms with Gasteiger partial charge in [0.1, 0.15) is 40.0 Å². The molecule has 3 atom stereocenters. The van der Waals surface area contributed by atoms with Crippen molar-refractivity contribution in [3.8, 4) is 0 Å². The second-order valence-corrected chi connectivity index (χ2v) is 36.7. The van der Waals surface area contributed by atoms with Gasteiger partial charge in [-0.15, -0.1) is 0 Å². The average molecular weight is 1550 g/mol. The molecule has 3 unspecified atom stereocenters. The highest BCUT2D eigenvalue weighted by molar-refractivity contribution is 5.84. The second kappa shape index (κ2) is 43.1. The second-order valence-electron chi connectivity index (χ2n) is 36.7. The smallest absolute Gasteiger partial charge is 0.307 e. The molecule has 616 valence electrons. The molecule has 0 spiro atoms. The predicted octanol–water partition coefficient (Wildman–Crippen LogP) is 21.6. The van der Waals surface area contributed by atoms with Crippen LogP contribution in [0.5, 0.6) is 0 Å². The number of halogens is 1. The predicted molar refractivity (Wildman–Crippen MR) is 435 cm³/mol. The lowest BCUT2D eigenvalue weighted by Gasteiger charge is -2.22. The van der Waals surface area contributed by atoms with Crippen molar-refractivity contribution in [3.63, 3.8) is 0 Å². The number of alkyl halides is 1. The minimum Gasteiger partial charge on any atom is -0.481 e. The fourth-order valence-corrected chi connectivity index (χ4v) is 13.6. The summed E-state index contributed by atoms with van der Waals surface area (Å²) in [5.41, 5.74) is 20.5. The van der Waals surface area contributed by atoms with Gasteiger partial charge in [0, 0.05) is 92.0 Å². The minimum atomic E-state index is -1.00. The molecule has 19 nitrogen and oxygen atoms in total. The lowest BCUT2D eigenvalue weighted by atomic mass is 9.86. The summed E-state index contributed by atoms with van der Waals surface area (Å²) < 4.78 is 43.9. The van der Waals surface area contributed by atoms with E-state index >= 15 is 0 Å². The van der Waals surface area contributed by atoms with Gasteiger partial charge in [-0.3, -0.25) is 38.0 Å². The van der Waals surface area contributed by atoms with Crippen molar-refractivity contribution in [1.29, 1.82) is 0 Å². The van der Waals surface area contributed by atoms with Gasteiger partial charge in [0.15, 0.2) is 0 Å². The van der Waals surface area contributed by atoms with Crippen molar-refractivity contribution >= 4 is 47.1 Å². The summed E-state index contributed by atoms with van der Waals surface area (Å²) in [6.45, 7) is 44.4. The van der Waals surface area contributed by atoms with E-state index in [9.17, 15) is 43.4 Å². The average Bonchev–Trinajstić information content (AvgIpc) is 1.65. The molecule has 3 aromatic heterocycles. The number of ether oxygens (including phenoxy) is 2. The first-order valence-electron chi connectivity index (χ1n) is 40.5. The first kappa shape index (κ1) is 93.3. The number of Topliss-reactive ketones (excluding diaryl/α,β-unsaturated/α-hetero) is 2. The number of esters is 2. The van der Waals surface area contributed by atoms with E-state index in [1.165, 1.54) is 11.1 Å². The number of carboxylic acid groups (broad SMARTS) is 3. The van der Waals surface area contributed by atoms with E-state index < -0.39 is 54.1 Å². The number of carbonyl (C=O) groups is 7. The molecule has 0 aliphatic heterocycles. The molecule has 0 saturated heterocycles. The molecule has 3 saturated carbocycles. The summed E-state index contributed by atoms with van der Waals surface area (Å²) in [6, 6.07) is 18.3. The Morgan fingerprint density at radius 1 is 0.468 bits per heavy atom. The van der Waals surface area contributed by atoms with Crippen LogP contribution in [-0.2, 0) is 75.1 Å². The number of carbonyl (C=O) groups excluding carboxylic acids is 4. The van der Waals surface area contributed by atoms with Gasteiger partial charge < -0.3 is 44.1 Å². The molecule has 9 rings (SSSR count). The Kier molecular flexibility index (Phi) is 36.2. The Balaban J connectivity index is 0.000000323. The first-order chi connectivity index (χ1) is 51.9. The zero-order valence-electron chi connectivity index (χ0n) is 72.2. The van der Waals surface area contributed by atoms with Crippen molar-refractivity contribution < 1.29 is 77.7 Å². The molecule has 3 aliphatic carbocycles. The highest BCUT2D eigenvalue weighted by atomic mass is 19.1. The van der Waals surface area contributed by atoms with Gasteiger partial charge in [-0.2, -0.15) is 0 Å². The van der Waals surface area contributed by atoms with Crippen LogP contribution < -0.4 is 5.73 Å². The van der Waals surface area contributed by atoms with E-state index in [0.717, 1.165) is 182 Å². The van der Waals surface area contributed by atoms with Crippen LogP contribution in [0.25, 0.3) is 0 Å². The summed E-state index contributed by atoms with van der Waals surface area (Å²) in [5, 5.41) is 39.4. The summed E-state index contributed by atoms with van der Waals surface area (Å²) >= 11 is 0. The summed E-state index contributed by atoms with van der Waals surface area (Å²) in [6.07, 6.45) is 16.2. The van der Waals surface area contributed by atoms with Crippen LogP contribution in [0, 0.1) is 57.8 Å². The maximum atomic E-state index is 13.3. The van der Waals surface area contributed by atoms with Crippen LogP contribution >= 0.6 is 0 Å². The number of nitrogens with two attached hydrogens (primary N) is 1. The number of carboxylic acids is 3. The topological polar surface area (TPSA) is 303 Å². The molecule has 0 bridgehead atoms. The third-order valence-corrected chi connectivity index (χ3v) is 19.3. The molecule has 6 aromatic rings. The highest BCUT2D eigenvalue weighted by Gasteiger charge is 2.40. The van der Waals surface area contributed by atoms with E-state index in [4.69, 9.17) is 40.0 Å². The van der Waals surface area contributed by atoms with Gasteiger partial charge >= 0.3 is 23.9 Å². The van der Waals surface area contributed by atoms with Gasteiger partial charge in [0.25, 0.3) is 5.97 Å². The van der Waals surface area contributed by atoms with Gasteiger partial charge in [-0.1, -0.05) is 143 Å². The van der Waals surface area contributed by atoms with Gasteiger partial charge in [-0.05, 0) is 228 Å². The third kappa shape index (κ3) is 36.8. The third-order valence-electron chi connectivity index (χ3n) is 19.3. The molecule has 5 N–H and O–H groups in total. The molecular formula is C91H135FN4O15. The number of aromatic nitrogens is 3. The number of aryl methyl sites for hydroxylation is 9. The number of anilines is 1. The van der Waals surface area contributed by atoms with E-state index in [2.05, 4.69) is 110 Å². The standard InChI is InChI=1S/C31H45NO4.C27H37NO4.C22H35NO5.C8H11N.C2H4O2.CH3F/c1-20-11-12-23(21(2)16-20)17-25(33)18-24(19-27(34)35-31(6,7)8)29-28(22-13-14-22)26(36-32-29)10-9-15-30(3,4)5;1-17-8-9-20(18(2)13-17)14-22(29)15-21(16-24(30)31)26-25(19-10-11-19)23(32-28-26)7-6-12-27(3,4)5;1-21(2,3)11-7-8-16-19(14-9-10-14)20(23-28-16)15(12-17(24)25)13-18(26)27-22(4,5)6;1-6-3-4-8(9)7(2)5-6;1-2(3)4;1-2/h11-12,16,22,24H,9-10,13-15,17-19H2,1-8H3;8-9,13,19,21H,6-7,10-12,14-16H2,1-5H3,(H,30,31);14-15H,7-13H2,1-6H3,(H,24,25);3-5H,9H2,1-2H3;1H3,(H,3,4);1H3/i;;;;;1D. The summed E-state index contributed by atoms with van der Waals surface area (Å²) in [4.78, 5) is 83.5. The fraction of sp³-hybridized carbons (Fsp3) is 0.626.